The Morgan fingerprint density at radius 1 is 1.40 bits per heavy atom. The predicted octanol–water partition coefficient (Wildman–Crippen LogP) is 1.35. The van der Waals surface area contributed by atoms with Gasteiger partial charge in [0, 0.05) is 19.3 Å². The fourth-order valence-electron chi connectivity index (χ4n) is 0.516. The van der Waals surface area contributed by atoms with E-state index in [2.05, 4.69) is 9.72 Å². The molecule has 0 unspecified atom stereocenters. The Labute approximate surface area is 88.7 Å². The van der Waals surface area contributed by atoms with E-state index in [1.54, 1.807) is 19.3 Å². The maximum Gasteiger partial charge on any atom is 0.302 e. The second-order valence-electron chi connectivity index (χ2n) is 2.05. The van der Waals surface area contributed by atoms with Gasteiger partial charge in [0.25, 0.3) is 6.47 Å². The summed E-state index contributed by atoms with van der Waals surface area (Å²) in [5, 5.41) is 6.89. The van der Waals surface area contributed by atoms with Crippen LogP contribution in [0.5, 0.6) is 0 Å². The summed E-state index contributed by atoms with van der Waals surface area (Å²) in [4.78, 5) is 22.0. The van der Waals surface area contributed by atoms with E-state index in [9.17, 15) is 4.79 Å². The van der Waals surface area contributed by atoms with Crippen LogP contribution in [0.15, 0.2) is 30.6 Å². The van der Waals surface area contributed by atoms with Crippen LogP contribution in [-0.4, -0.2) is 29.1 Å². The SMILES string of the molecule is CCOC(C)=O.O=CO.c1ccncc1. The van der Waals surface area contributed by atoms with E-state index in [1.165, 1.54) is 6.92 Å². The number of aromatic nitrogens is 1. The smallest absolute Gasteiger partial charge is 0.302 e. The molecule has 0 spiro atoms. The van der Waals surface area contributed by atoms with Crippen LogP contribution in [0.4, 0.5) is 0 Å². The maximum atomic E-state index is 9.82. The molecule has 5 heteroatoms. The van der Waals surface area contributed by atoms with Gasteiger partial charge in [0.1, 0.15) is 0 Å². The highest BCUT2D eigenvalue weighted by Crippen LogP contribution is 1.73. The third-order valence-corrected chi connectivity index (χ3v) is 0.914. The van der Waals surface area contributed by atoms with Gasteiger partial charge in [-0.05, 0) is 19.1 Å². The van der Waals surface area contributed by atoms with Gasteiger partial charge in [-0.1, -0.05) is 6.07 Å². The summed E-state index contributed by atoms with van der Waals surface area (Å²) in [6.45, 7) is 3.40. The van der Waals surface area contributed by atoms with Crippen molar-refractivity contribution in [1.82, 2.24) is 4.98 Å². The number of rotatable bonds is 1. The lowest BCUT2D eigenvalue weighted by Gasteiger charge is -1.89. The van der Waals surface area contributed by atoms with Crippen molar-refractivity contribution in [2.24, 2.45) is 0 Å². The highest BCUT2D eigenvalue weighted by Gasteiger charge is 1.81. The summed E-state index contributed by atoms with van der Waals surface area (Å²) < 4.78 is 4.40. The van der Waals surface area contributed by atoms with Gasteiger partial charge in [0.15, 0.2) is 0 Å². The lowest BCUT2D eigenvalue weighted by atomic mass is 10.5. The van der Waals surface area contributed by atoms with Gasteiger partial charge in [-0.25, -0.2) is 0 Å². The quantitative estimate of drug-likeness (QED) is 0.563. The van der Waals surface area contributed by atoms with Crippen molar-refractivity contribution in [3.05, 3.63) is 30.6 Å². The topological polar surface area (TPSA) is 76.5 Å². The summed E-state index contributed by atoms with van der Waals surface area (Å²) in [5.41, 5.74) is 0. The average molecular weight is 213 g/mol. The van der Waals surface area contributed by atoms with E-state index >= 15 is 0 Å². The lowest BCUT2D eigenvalue weighted by Crippen LogP contribution is -1.95. The number of carbonyl (C=O) groups excluding carboxylic acids is 1. The number of nitrogens with zero attached hydrogens (tertiary/aromatic N) is 1. The van der Waals surface area contributed by atoms with Crippen LogP contribution in [0.2, 0.25) is 0 Å². The molecule has 0 aromatic carbocycles. The van der Waals surface area contributed by atoms with E-state index in [-0.39, 0.29) is 12.4 Å². The minimum atomic E-state index is -0.250. The Kier molecular flexibility index (Phi) is 15.1. The number of esters is 1. The van der Waals surface area contributed by atoms with Crippen molar-refractivity contribution in [2.75, 3.05) is 6.61 Å². The Morgan fingerprint density at radius 3 is 1.93 bits per heavy atom. The molecule has 0 aliphatic heterocycles. The minimum Gasteiger partial charge on any atom is -0.483 e. The largest absolute Gasteiger partial charge is 0.483 e. The molecule has 0 fully saturated rings. The van der Waals surface area contributed by atoms with Crippen molar-refractivity contribution >= 4 is 12.4 Å². The molecule has 1 aromatic heterocycles. The zero-order chi connectivity index (χ0) is 11.9. The van der Waals surface area contributed by atoms with Gasteiger partial charge in [0.05, 0.1) is 6.61 Å². The molecule has 0 atom stereocenters. The molecule has 1 rings (SSSR count). The number of carboxylic acid groups (broad SMARTS) is 1. The Balaban J connectivity index is 0. The maximum absolute atomic E-state index is 9.82. The van der Waals surface area contributed by atoms with Crippen LogP contribution in [0.25, 0.3) is 0 Å². The van der Waals surface area contributed by atoms with Crippen LogP contribution in [0.1, 0.15) is 13.8 Å². The first-order valence-electron chi connectivity index (χ1n) is 4.25. The molecule has 1 heterocycles. The molecule has 5 nitrogen and oxygen atoms in total. The van der Waals surface area contributed by atoms with Gasteiger partial charge in [-0.2, -0.15) is 0 Å². The Hall–Kier alpha value is -1.91. The van der Waals surface area contributed by atoms with Gasteiger partial charge in [-0.3, -0.25) is 14.6 Å². The summed E-state index contributed by atoms with van der Waals surface area (Å²) in [6, 6.07) is 5.72. The average Bonchev–Trinajstić information content (AvgIpc) is 2.22. The monoisotopic (exact) mass is 213 g/mol. The summed E-state index contributed by atoms with van der Waals surface area (Å²) in [7, 11) is 0. The zero-order valence-electron chi connectivity index (χ0n) is 8.79. The van der Waals surface area contributed by atoms with Gasteiger partial charge in [0.2, 0.25) is 0 Å². The van der Waals surface area contributed by atoms with Gasteiger partial charge < -0.3 is 9.84 Å². The number of carbonyl (C=O) groups is 2. The van der Waals surface area contributed by atoms with E-state index in [0.29, 0.717) is 6.61 Å². The van der Waals surface area contributed by atoms with E-state index in [0.717, 1.165) is 0 Å². The summed E-state index contributed by atoms with van der Waals surface area (Å²) in [5.74, 6) is -0.211. The predicted molar refractivity (Wildman–Crippen MR) is 55.2 cm³/mol. The molecule has 0 saturated heterocycles. The number of hydrogen-bond acceptors (Lipinski definition) is 4. The molecule has 0 bridgehead atoms. The van der Waals surface area contributed by atoms with Gasteiger partial charge >= 0.3 is 5.97 Å². The van der Waals surface area contributed by atoms with Crippen LogP contribution >= 0.6 is 0 Å². The van der Waals surface area contributed by atoms with Crippen molar-refractivity contribution in [3.8, 4) is 0 Å². The normalized spacial score (nSPS) is 7.07. The summed E-state index contributed by atoms with van der Waals surface area (Å²) >= 11 is 0. The number of pyridine rings is 1. The van der Waals surface area contributed by atoms with Crippen molar-refractivity contribution in [3.63, 3.8) is 0 Å². The van der Waals surface area contributed by atoms with Crippen molar-refractivity contribution in [2.45, 2.75) is 13.8 Å². The minimum absolute atomic E-state index is 0.211. The Bertz CT molecular complexity index is 212. The molecule has 0 saturated carbocycles. The number of hydrogen-bond donors (Lipinski definition) is 1. The molecule has 0 radical (unpaired) electrons. The molecule has 0 amide bonds. The molecular formula is C10H15NO4. The van der Waals surface area contributed by atoms with E-state index < -0.39 is 0 Å². The highest BCUT2D eigenvalue weighted by molar-refractivity contribution is 5.65. The first-order chi connectivity index (χ1) is 7.18. The molecule has 84 valence electrons. The van der Waals surface area contributed by atoms with Crippen LogP contribution in [0, 0.1) is 0 Å². The van der Waals surface area contributed by atoms with Crippen molar-refractivity contribution < 1.29 is 19.4 Å². The fraction of sp³-hybridized carbons (Fsp3) is 0.300. The molecular weight excluding hydrogens is 198 g/mol. The first kappa shape index (κ1) is 15.6. The third kappa shape index (κ3) is 24.5. The lowest BCUT2D eigenvalue weighted by molar-refractivity contribution is -0.140. The van der Waals surface area contributed by atoms with Crippen LogP contribution in [0.3, 0.4) is 0 Å². The second kappa shape index (κ2) is 14.6. The summed E-state index contributed by atoms with van der Waals surface area (Å²) in [6.07, 6.45) is 3.50. The molecule has 15 heavy (non-hydrogen) atoms. The van der Waals surface area contributed by atoms with Crippen LogP contribution < -0.4 is 0 Å². The fourth-order valence-corrected chi connectivity index (χ4v) is 0.516. The zero-order valence-corrected chi connectivity index (χ0v) is 8.79. The van der Waals surface area contributed by atoms with E-state index in [1.807, 2.05) is 18.2 Å². The first-order valence-corrected chi connectivity index (χ1v) is 4.25. The van der Waals surface area contributed by atoms with Crippen LogP contribution in [-0.2, 0) is 14.3 Å². The number of ether oxygens (including phenoxy) is 1. The second-order valence-corrected chi connectivity index (χ2v) is 2.05. The van der Waals surface area contributed by atoms with Crippen molar-refractivity contribution in [1.29, 1.82) is 0 Å². The highest BCUT2D eigenvalue weighted by atomic mass is 16.5. The molecule has 1 aromatic rings. The van der Waals surface area contributed by atoms with E-state index in [4.69, 9.17) is 9.90 Å². The van der Waals surface area contributed by atoms with Gasteiger partial charge in [-0.15, -0.1) is 0 Å². The Morgan fingerprint density at radius 2 is 1.87 bits per heavy atom. The molecule has 0 aliphatic carbocycles. The standard InChI is InChI=1S/C5H5N.C4H8O2.CH2O2/c1-2-4-6-5-3-1;1-3-6-4(2)5;2-1-3/h1-5H;3H2,1-2H3;1H,(H,2,3). The molecule has 1 N–H and O–H groups in total. The third-order valence-electron chi connectivity index (χ3n) is 0.914. The molecule has 0 aliphatic rings.